The molecular weight excluding hydrogens is 393 g/mol. The van der Waals surface area contributed by atoms with E-state index < -0.39 is 0 Å². The molecule has 6 nitrogen and oxygen atoms in total. The summed E-state index contributed by atoms with van der Waals surface area (Å²) in [7, 11) is 3.47. The van der Waals surface area contributed by atoms with E-state index in [0.29, 0.717) is 18.0 Å². The molecule has 22 heavy (non-hydrogen) atoms. The van der Waals surface area contributed by atoms with Gasteiger partial charge in [-0.1, -0.05) is 0 Å². The highest BCUT2D eigenvalue weighted by atomic mass is 127. The number of guanidine groups is 1. The van der Waals surface area contributed by atoms with Gasteiger partial charge >= 0.3 is 0 Å². The van der Waals surface area contributed by atoms with E-state index in [4.69, 9.17) is 0 Å². The highest BCUT2D eigenvalue weighted by Crippen LogP contribution is 2.03. The molecule has 7 heteroatoms. The van der Waals surface area contributed by atoms with Crippen molar-refractivity contribution >= 4 is 35.8 Å². The van der Waals surface area contributed by atoms with Crippen LogP contribution in [0.3, 0.4) is 0 Å². The van der Waals surface area contributed by atoms with Crippen LogP contribution in [0.4, 0.5) is 0 Å². The van der Waals surface area contributed by atoms with Gasteiger partial charge in [-0.05, 0) is 34.6 Å². The normalized spacial score (nSPS) is 11.6. The Morgan fingerprint density at radius 2 is 1.64 bits per heavy atom. The summed E-state index contributed by atoms with van der Waals surface area (Å²) in [6.45, 7) is 13.5. The Morgan fingerprint density at radius 1 is 1.09 bits per heavy atom. The van der Waals surface area contributed by atoms with Gasteiger partial charge in [0.2, 0.25) is 5.91 Å². The average Bonchev–Trinajstić information content (AvgIpc) is 2.39. The molecule has 0 radical (unpaired) electrons. The van der Waals surface area contributed by atoms with Crippen molar-refractivity contribution in [3.63, 3.8) is 0 Å². The first-order valence-corrected chi connectivity index (χ1v) is 7.77. The Labute approximate surface area is 153 Å². The third kappa shape index (κ3) is 10.2. The van der Waals surface area contributed by atoms with Crippen molar-refractivity contribution in [3.05, 3.63) is 0 Å². The molecule has 1 amide bonds. The molecule has 0 heterocycles. The predicted molar refractivity (Wildman–Crippen MR) is 105 cm³/mol. The Bertz CT molecular complexity index is 324. The summed E-state index contributed by atoms with van der Waals surface area (Å²) < 4.78 is 0. The lowest BCUT2D eigenvalue weighted by atomic mass is 10.2. The van der Waals surface area contributed by atoms with Gasteiger partial charge < -0.3 is 15.5 Å². The minimum atomic E-state index is -0.00168. The molecule has 0 aromatic carbocycles. The van der Waals surface area contributed by atoms with Crippen molar-refractivity contribution in [2.45, 2.75) is 46.7 Å². The van der Waals surface area contributed by atoms with Gasteiger partial charge in [0.25, 0.3) is 0 Å². The SMILES string of the molecule is CCNC(=NCC(=O)N(C)C)NCCN(C(C)C)C(C)C.I. The van der Waals surface area contributed by atoms with Gasteiger partial charge in [-0.25, -0.2) is 4.99 Å². The molecule has 0 saturated carbocycles. The van der Waals surface area contributed by atoms with Crippen molar-refractivity contribution < 1.29 is 4.79 Å². The van der Waals surface area contributed by atoms with E-state index in [9.17, 15) is 4.79 Å². The van der Waals surface area contributed by atoms with Crippen molar-refractivity contribution in [2.75, 3.05) is 40.3 Å². The second-order valence-electron chi connectivity index (χ2n) is 5.84. The fourth-order valence-electron chi connectivity index (χ4n) is 2.05. The number of hydrogen-bond acceptors (Lipinski definition) is 3. The van der Waals surface area contributed by atoms with Gasteiger partial charge in [0.05, 0.1) is 0 Å². The van der Waals surface area contributed by atoms with Crippen LogP contribution in [-0.2, 0) is 4.79 Å². The van der Waals surface area contributed by atoms with Crippen LogP contribution in [0.5, 0.6) is 0 Å². The van der Waals surface area contributed by atoms with E-state index in [1.54, 1.807) is 19.0 Å². The smallest absolute Gasteiger partial charge is 0.243 e. The molecule has 0 rings (SSSR count). The zero-order valence-electron chi connectivity index (χ0n) is 15.1. The Balaban J connectivity index is 0. The summed E-state index contributed by atoms with van der Waals surface area (Å²) in [6.07, 6.45) is 0. The van der Waals surface area contributed by atoms with Gasteiger partial charge in [-0.2, -0.15) is 0 Å². The van der Waals surface area contributed by atoms with E-state index in [2.05, 4.69) is 48.2 Å². The fourth-order valence-corrected chi connectivity index (χ4v) is 2.05. The van der Waals surface area contributed by atoms with Crippen LogP contribution < -0.4 is 10.6 Å². The van der Waals surface area contributed by atoms with Crippen LogP contribution >= 0.6 is 24.0 Å². The summed E-state index contributed by atoms with van der Waals surface area (Å²) in [5.74, 6) is 0.693. The van der Waals surface area contributed by atoms with E-state index in [-0.39, 0.29) is 36.4 Å². The van der Waals surface area contributed by atoms with Crippen molar-refractivity contribution in [1.82, 2.24) is 20.4 Å². The number of nitrogens with zero attached hydrogens (tertiary/aromatic N) is 3. The van der Waals surface area contributed by atoms with Crippen molar-refractivity contribution in [3.8, 4) is 0 Å². The first-order chi connectivity index (χ1) is 9.79. The highest BCUT2D eigenvalue weighted by molar-refractivity contribution is 14.0. The monoisotopic (exact) mass is 427 g/mol. The van der Waals surface area contributed by atoms with Crippen LogP contribution in [0.2, 0.25) is 0 Å². The molecular formula is C15H34IN5O. The first-order valence-electron chi connectivity index (χ1n) is 7.77. The molecule has 0 fully saturated rings. The molecule has 0 saturated heterocycles. The second kappa shape index (κ2) is 12.9. The number of hydrogen-bond donors (Lipinski definition) is 2. The molecule has 0 unspecified atom stereocenters. The molecule has 0 aliphatic heterocycles. The summed E-state index contributed by atoms with van der Waals surface area (Å²) in [6, 6.07) is 1.03. The van der Waals surface area contributed by atoms with Gasteiger partial charge in [0.15, 0.2) is 5.96 Å². The molecule has 0 aliphatic carbocycles. The Hall–Kier alpha value is -0.570. The number of likely N-dealkylation sites (N-methyl/N-ethyl adjacent to an activating group) is 1. The number of carbonyl (C=O) groups excluding carboxylic acids is 1. The van der Waals surface area contributed by atoms with Crippen LogP contribution in [0.15, 0.2) is 4.99 Å². The molecule has 0 aromatic rings. The number of aliphatic imine (C=N–C) groups is 1. The minimum Gasteiger partial charge on any atom is -0.357 e. The zero-order chi connectivity index (χ0) is 16.4. The lowest BCUT2D eigenvalue weighted by Crippen LogP contribution is -2.45. The van der Waals surface area contributed by atoms with Gasteiger partial charge in [-0.15, -0.1) is 24.0 Å². The summed E-state index contributed by atoms with van der Waals surface area (Å²) >= 11 is 0. The predicted octanol–water partition coefficient (Wildman–Crippen LogP) is 1.37. The Kier molecular flexibility index (Phi) is 13.9. The maximum absolute atomic E-state index is 11.6. The van der Waals surface area contributed by atoms with E-state index >= 15 is 0 Å². The van der Waals surface area contributed by atoms with Crippen LogP contribution in [0.1, 0.15) is 34.6 Å². The average molecular weight is 427 g/mol. The zero-order valence-corrected chi connectivity index (χ0v) is 17.5. The van der Waals surface area contributed by atoms with Gasteiger partial charge in [0, 0.05) is 45.8 Å². The summed E-state index contributed by atoms with van der Waals surface area (Å²) in [5, 5.41) is 6.44. The molecule has 0 atom stereocenters. The first kappa shape index (κ1) is 23.7. The largest absolute Gasteiger partial charge is 0.357 e. The van der Waals surface area contributed by atoms with E-state index in [1.807, 2.05) is 6.92 Å². The number of carbonyl (C=O) groups is 1. The number of halogens is 1. The standard InChI is InChI=1S/C15H33N5O.HI/c1-8-16-15(18-11-14(21)19(6)7)17-9-10-20(12(2)3)13(4)5;/h12-13H,8-11H2,1-7H3,(H2,16,17,18);1H. The van der Waals surface area contributed by atoms with Crippen LogP contribution in [0, 0.1) is 0 Å². The van der Waals surface area contributed by atoms with E-state index in [0.717, 1.165) is 19.6 Å². The lowest BCUT2D eigenvalue weighted by Gasteiger charge is -2.30. The molecule has 0 aromatic heterocycles. The van der Waals surface area contributed by atoms with Gasteiger partial charge in [0.1, 0.15) is 6.54 Å². The number of nitrogens with one attached hydrogen (secondary N) is 2. The molecule has 0 aliphatic rings. The summed E-state index contributed by atoms with van der Waals surface area (Å²) in [5.41, 5.74) is 0. The minimum absolute atomic E-state index is 0. The molecule has 0 spiro atoms. The maximum Gasteiger partial charge on any atom is 0.243 e. The third-order valence-corrected chi connectivity index (χ3v) is 3.20. The van der Waals surface area contributed by atoms with Gasteiger partial charge in [-0.3, -0.25) is 9.69 Å². The van der Waals surface area contributed by atoms with E-state index in [1.165, 1.54) is 0 Å². The van der Waals surface area contributed by atoms with Crippen LogP contribution in [0.25, 0.3) is 0 Å². The van der Waals surface area contributed by atoms with Crippen molar-refractivity contribution in [1.29, 1.82) is 0 Å². The van der Waals surface area contributed by atoms with Crippen molar-refractivity contribution in [2.24, 2.45) is 4.99 Å². The number of amides is 1. The number of rotatable bonds is 8. The summed E-state index contributed by atoms with van der Waals surface area (Å²) in [4.78, 5) is 19.8. The second-order valence-corrected chi connectivity index (χ2v) is 5.84. The third-order valence-electron chi connectivity index (χ3n) is 3.20. The highest BCUT2D eigenvalue weighted by Gasteiger charge is 2.12. The maximum atomic E-state index is 11.6. The quantitative estimate of drug-likeness (QED) is 0.349. The Morgan fingerprint density at radius 3 is 2.05 bits per heavy atom. The molecule has 2 N–H and O–H groups in total. The lowest BCUT2D eigenvalue weighted by molar-refractivity contribution is -0.127. The van der Waals surface area contributed by atoms with Crippen LogP contribution in [-0.4, -0.2) is 74.0 Å². The topological polar surface area (TPSA) is 60.0 Å². The molecule has 0 bridgehead atoms. The fraction of sp³-hybridized carbons (Fsp3) is 0.867. The molecule has 132 valence electrons.